The quantitative estimate of drug-likeness (QED) is 0.797. The third kappa shape index (κ3) is 3.18. The van der Waals surface area contributed by atoms with Crippen molar-refractivity contribution >= 4 is 19.7 Å². The van der Waals surface area contributed by atoms with Crippen LogP contribution < -0.4 is 0 Å². The zero-order valence-corrected chi connectivity index (χ0v) is 10.6. The predicted molar refractivity (Wildman–Crippen MR) is 62.5 cm³/mol. The van der Waals surface area contributed by atoms with Gasteiger partial charge in [-0.2, -0.15) is 0 Å². The summed E-state index contributed by atoms with van der Waals surface area (Å²) in [5.41, 5.74) is -0.594. The first-order valence-corrected chi connectivity index (χ1v) is 7.50. The number of ether oxygens (including phenoxy) is 1. The van der Waals surface area contributed by atoms with Gasteiger partial charge in [0.05, 0.1) is 11.5 Å². The van der Waals surface area contributed by atoms with E-state index in [1.54, 1.807) is 12.1 Å². The first kappa shape index (κ1) is 12.8. The highest BCUT2D eigenvalue weighted by Gasteiger charge is 2.34. The van der Waals surface area contributed by atoms with Gasteiger partial charge in [0.1, 0.15) is 5.67 Å². The Morgan fingerprint density at radius 2 is 2.00 bits per heavy atom. The van der Waals surface area contributed by atoms with Gasteiger partial charge in [0, 0.05) is 30.1 Å². The second kappa shape index (κ2) is 4.55. The van der Waals surface area contributed by atoms with Gasteiger partial charge < -0.3 is 4.74 Å². The molecule has 17 heavy (non-hydrogen) atoms. The second-order valence-corrected chi connectivity index (χ2v) is 6.78. The molecule has 2 rings (SSSR count). The highest BCUT2D eigenvalue weighted by Crippen LogP contribution is 2.28. The molecule has 1 aromatic rings. The zero-order valence-electron chi connectivity index (χ0n) is 9.03. The Kier molecular flexibility index (Phi) is 3.43. The van der Waals surface area contributed by atoms with Crippen LogP contribution in [0.15, 0.2) is 29.2 Å². The molecule has 0 saturated carbocycles. The van der Waals surface area contributed by atoms with Crippen molar-refractivity contribution < 1.29 is 17.5 Å². The summed E-state index contributed by atoms with van der Waals surface area (Å²) in [6.07, 6.45) is 0.609. The molecule has 94 valence electrons. The molecule has 1 fully saturated rings. The predicted octanol–water partition coefficient (Wildman–Crippen LogP) is 2.29. The smallest absolute Gasteiger partial charge is 0.261 e. The first-order chi connectivity index (χ1) is 7.89. The van der Waals surface area contributed by atoms with Gasteiger partial charge >= 0.3 is 0 Å². The van der Waals surface area contributed by atoms with E-state index >= 15 is 0 Å². The Bertz CT molecular complexity index is 492. The first-order valence-electron chi connectivity index (χ1n) is 5.19. The lowest BCUT2D eigenvalue weighted by Gasteiger charge is -2.16. The number of alkyl halides is 1. The molecule has 0 aliphatic carbocycles. The van der Waals surface area contributed by atoms with Gasteiger partial charge in [-0.25, -0.2) is 12.8 Å². The average Bonchev–Trinajstić information content (AvgIpc) is 2.64. The van der Waals surface area contributed by atoms with Crippen molar-refractivity contribution in [2.45, 2.75) is 23.4 Å². The molecule has 0 radical (unpaired) electrons. The molecule has 1 aliphatic heterocycles. The molecule has 0 N–H and O–H groups in total. The van der Waals surface area contributed by atoms with E-state index in [-0.39, 0.29) is 17.9 Å². The Hall–Kier alpha value is -0.650. The van der Waals surface area contributed by atoms with Crippen LogP contribution in [0, 0.1) is 0 Å². The van der Waals surface area contributed by atoms with Crippen LogP contribution in [0.1, 0.15) is 12.0 Å². The van der Waals surface area contributed by atoms with E-state index in [1.165, 1.54) is 12.1 Å². The van der Waals surface area contributed by atoms with Crippen LogP contribution in [-0.4, -0.2) is 27.3 Å². The molecule has 0 spiro atoms. The molecule has 1 saturated heterocycles. The van der Waals surface area contributed by atoms with Crippen molar-refractivity contribution in [2.75, 3.05) is 13.2 Å². The van der Waals surface area contributed by atoms with Crippen LogP contribution in [0.4, 0.5) is 4.39 Å². The Labute approximate surface area is 104 Å². The largest absolute Gasteiger partial charge is 0.378 e. The molecule has 1 atom stereocenters. The summed E-state index contributed by atoms with van der Waals surface area (Å²) in [6, 6.07) is 5.93. The molecule has 1 aliphatic rings. The molecule has 1 unspecified atom stereocenters. The summed E-state index contributed by atoms with van der Waals surface area (Å²) in [4.78, 5) is 0.0264. The molecular weight excluding hydrogens is 267 g/mol. The van der Waals surface area contributed by atoms with Crippen molar-refractivity contribution in [3.05, 3.63) is 29.8 Å². The summed E-state index contributed by atoms with van der Waals surface area (Å²) in [6.45, 7) is 0.535. The zero-order chi connectivity index (χ0) is 12.5. The van der Waals surface area contributed by atoms with Crippen molar-refractivity contribution in [1.29, 1.82) is 0 Å². The van der Waals surface area contributed by atoms with Crippen molar-refractivity contribution in [1.82, 2.24) is 0 Å². The SMILES string of the molecule is O=S(=O)(Cl)c1ccc(CC2(F)CCOC2)cc1. The molecule has 1 heterocycles. The van der Waals surface area contributed by atoms with Gasteiger partial charge in [0.25, 0.3) is 9.05 Å². The minimum atomic E-state index is -3.71. The normalized spacial score (nSPS) is 25.1. The van der Waals surface area contributed by atoms with E-state index in [2.05, 4.69) is 0 Å². The molecular formula is C11H12ClFO3S. The number of rotatable bonds is 3. The number of hydrogen-bond donors (Lipinski definition) is 0. The van der Waals surface area contributed by atoms with Gasteiger partial charge in [-0.15, -0.1) is 0 Å². The third-order valence-electron chi connectivity index (χ3n) is 2.78. The van der Waals surface area contributed by atoms with Crippen LogP contribution in [0.3, 0.4) is 0 Å². The van der Waals surface area contributed by atoms with Crippen LogP contribution in [0.2, 0.25) is 0 Å². The summed E-state index contributed by atoms with van der Waals surface area (Å²) >= 11 is 0. The van der Waals surface area contributed by atoms with Gasteiger partial charge in [-0.1, -0.05) is 12.1 Å². The Morgan fingerprint density at radius 1 is 1.35 bits per heavy atom. The maximum Gasteiger partial charge on any atom is 0.261 e. The minimum absolute atomic E-state index is 0.0264. The van der Waals surface area contributed by atoms with Gasteiger partial charge in [0.15, 0.2) is 0 Å². The van der Waals surface area contributed by atoms with Gasteiger partial charge in [-0.3, -0.25) is 0 Å². The topological polar surface area (TPSA) is 43.4 Å². The molecule has 1 aromatic carbocycles. The lowest BCUT2D eigenvalue weighted by molar-refractivity contribution is 0.112. The summed E-state index contributed by atoms with van der Waals surface area (Å²) in [5, 5.41) is 0. The highest BCUT2D eigenvalue weighted by molar-refractivity contribution is 8.13. The summed E-state index contributed by atoms with van der Waals surface area (Å²) in [5.74, 6) is 0. The number of halogens is 2. The van der Waals surface area contributed by atoms with E-state index in [0.717, 1.165) is 5.56 Å². The minimum Gasteiger partial charge on any atom is -0.378 e. The highest BCUT2D eigenvalue weighted by atomic mass is 35.7. The molecule has 0 amide bonds. The van der Waals surface area contributed by atoms with E-state index in [4.69, 9.17) is 15.4 Å². The van der Waals surface area contributed by atoms with Crippen LogP contribution in [0.5, 0.6) is 0 Å². The monoisotopic (exact) mass is 278 g/mol. The van der Waals surface area contributed by atoms with Gasteiger partial charge in [0.2, 0.25) is 0 Å². The van der Waals surface area contributed by atoms with Crippen molar-refractivity contribution in [3.63, 3.8) is 0 Å². The van der Waals surface area contributed by atoms with Crippen molar-refractivity contribution in [2.24, 2.45) is 0 Å². The molecule has 3 nitrogen and oxygen atoms in total. The number of benzene rings is 1. The molecule has 0 bridgehead atoms. The lowest BCUT2D eigenvalue weighted by Crippen LogP contribution is -2.25. The lowest BCUT2D eigenvalue weighted by atomic mass is 9.96. The fourth-order valence-electron chi connectivity index (χ4n) is 1.86. The third-order valence-corrected chi connectivity index (χ3v) is 4.15. The van der Waals surface area contributed by atoms with Crippen LogP contribution in [-0.2, 0) is 20.2 Å². The second-order valence-electron chi connectivity index (χ2n) is 4.21. The van der Waals surface area contributed by atoms with Gasteiger partial charge in [-0.05, 0) is 17.7 Å². The maximum absolute atomic E-state index is 14.1. The standard InChI is InChI=1S/C11H12ClFO3S/c12-17(14,15)10-3-1-9(2-4-10)7-11(13)5-6-16-8-11/h1-4H,5-8H2. The fraction of sp³-hybridized carbons (Fsp3) is 0.455. The number of hydrogen-bond acceptors (Lipinski definition) is 3. The maximum atomic E-state index is 14.1. The fourth-order valence-corrected chi connectivity index (χ4v) is 2.63. The molecule has 6 heteroatoms. The summed E-state index contributed by atoms with van der Waals surface area (Å²) < 4.78 is 41.1. The van der Waals surface area contributed by atoms with E-state index < -0.39 is 14.7 Å². The van der Waals surface area contributed by atoms with E-state index in [9.17, 15) is 12.8 Å². The van der Waals surface area contributed by atoms with Crippen molar-refractivity contribution in [3.8, 4) is 0 Å². The van der Waals surface area contributed by atoms with Crippen LogP contribution >= 0.6 is 10.7 Å². The Balaban J connectivity index is 2.13. The Morgan fingerprint density at radius 3 is 2.47 bits per heavy atom. The van der Waals surface area contributed by atoms with E-state index in [1.807, 2.05) is 0 Å². The average molecular weight is 279 g/mol. The van der Waals surface area contributed by atoms with E-state index in [0.29, 0.717) is 13.0 Å². The van der Waals surface area contributed by atoms with Crippen LogP contribution in [0.25, 0.3) is 0 Å². The molecule has 0 aromatic heterocycles. The summed E-state index contributed by atoms with van der Waals surface area (Å²) in [7, 11) is 1.48.